The maximum Gasteiger partial charge on any atom is 0.263 e. The number of H-pyrrole nitrogens is 1. The van der Waals surface area contributed by atoms with Gasteiger partial charge in [0.05, 0.1) is 6.26 Å². The number of rotatable bonds is 2. The highest BCUT2D eigenvalue weighted by molar-refractivity contribution is 5.69. The van der Waals surface area contributed by atoms with Gasteiger partial charge in [-0.2, -0.15) is 4.98 Å². The van der Waals surface area contributed by atoms with E-state index in [1.807, 2.05) is 0 Å². The van der Waals surface area contributed by atoms with Crippen LogP contribution in [0.15, 0.2) is 51.9 Å². The van der Waals surface area contributed by atoms with Gasteiger partial charge in [-0.3, -0.25) is 4.79 Å². The molecule has 0 saturated heterocycles. The first kappa shape index (κ1) is 12.2. The molecule has 0 saturated carbocycles. The molecule has 6 heteroatoms. The molecule has 3 aromatic rings. The normalized spacial score (nSPS) is 10.7. The lowest BCUT2D eigenvalue weighted by Crippen LogP contribution is -2.12. The molecule has 0 unspecified atom stereocenters. The number of aromatic nitrogens is 2. The topological polar surface area (TPSA) is 79.1 Å². The summed E-state index contributed by atoms with van der Waals surface area (Å²) in [6, 6.07) is 8.87. The zero-order valence-corrected chi connectivity index (χ0v) is 10.1. The maximum atomic E-state index is 13.7. The Morgan fingerprint density at radius 3 is 2.65 bits per heavy atom. The predicted octanol–water partition coefficient (Wildman–Crippen LogP) is 2.54. The molecule has 100 valence electrons. The largest absolute Gasteiger partial charge is 0.493 e. The number of nitrogens with one attached hydrogen (secondary N) is 1. The lowest BCUT2D eigenvalue weighted by molar-refractivity contribution is 0.452. The van der Waals surface area contributed by atoms with Gasteiger partial charge in [0.15, 0.2) is 11.6 Å². The summed E-state index contributed by atoms with van der Waals surface area (Å²) < 4.78 is 18.8. The molecule has 0 radical (unpaired) electrons. The average Bonchev–Trinajstić information content (AvgIpc) is 2.94. The van der Waals surface area contributed by atoms with E-state index in [0.29, 0.717) is 5.76 Å². The molecule has 2 N–H and O–H groups in total. The SMILES string of the molecule is O=c1[nH]c(-c2ccco2)nc(O)c1-c1ccccc1F. The maximum absolute atomic E-state index is 13.7. The van der Waals surface area contributed by atoms with Gasteiger partial charge in [0.25, 0.3) is 5.56 Å². The molecule has 5 nitrogen and oxygen atoms in total. The van der Waals surface area contributed by atoms with Gasteiger partial charge in [-0.05, 0) is 18.2 Å². The molecule has 0 aliphatic rings. The molecule has 0 fully saturated rings. The number of halogens is 1. The number of aromatic hydroxyl groups is 1. The van der Waals surface area contributed by atoms with E-state index in [4.69, 9.17) is 4.42 Å². The fraction of sp³-hybridized carbons (Fsp3) is 0. The van der Waals surface area contributed by atoms with Crippen molar-refractivity contribution in [3.63, 3.8) is 0 Å². The second-order valence-corrected chi connectivity index (χ2v) is 4.07. The van der Waals surface area contributed by atoms with E-state index in [-0.39, 0.29) is 17.0 Å². The first-order valence-electron chi connectivity index (χ1n) is 5.79. The van der Waals surface area contributed by atoms with Crippen molar-refractivity contribution in [2.75, 3.05) is 0 Å². The quantitative estimate of drug-likeness (QED) is 0.751. The zero-order chi connectivity index (χ0) is 14.1. The average molecular weight is 272 g/mol. The van der Waals surface area contributed by atoms with E-state index in [1.165, 1.54) is 24.5 Å². The summed E-state index contributed by atoms with van der Waals surface area (Å²) in [6.07, 6.45) is 1.41. The van der Waals surface area contributed by atoms with Gasteiger partial charge in [-0.1, -0.05) is 18.2 Å². The molecular formula is C14H9FN2O3. The third-order valence-electron chi connectivity index (χ3n) is 2.80. The Bertz CT molecular complexity index is 810. The van der Waals surface area contributed by atoms with Gasteiger partial charge >= 0.3 is 0 Å². The molecule has 1 aromatic carbocycles. The van der Waals surface area contributed by atoms with Crippen LogP contribution in [0.25, 0.3) is 22.7 Å². The summed E-state index contributed by atoms with van der Waals surface area (Å²) in [5.41, 5.74) is -0.864. The minimum absolute atomic E-state index is 0.00950. The van der Waals surface area contributed by atoms with Crippen molar-refractivity contribution in [2.24, 2.45) is 0 Å². The Morgan fingerprint density at radius 2 is 2.00 bits per heavy atom. The molecular weight excluding hydrogens is 263 g/mol. The number of aromatic amines is 1. The second-order valence-electron chi connectivity index (χ2n) is 4.07. The molecule has 3 rings (SSSR count). The van der Waals surface area contributed by atoms with Crippen molar-refractivity contribution in [3.05, 3.63) is 58.8 Å². The van der Waals surface area contributed by atoms with E-state index in [2.05, 4.69) is 9.97 Å². The van der Waals surface area contributed by atoms with Crippen molar-refractivity contribution < 1.29 is 13.9 Å². The van der Waals surface area contributed by atoms with Gasteiger partial charge in [-0.15, -0.1) is 0 Å². The summed E-state index contributed by atoms with van der Waals surface area (Å²) in [5.74, 6) is -0.777. The third-order valence-corrected chi connectivity index (χ3v) is 2.80. The lowest BCUT2D eigenvalue weighted by atomic mass is 10.1. The smallest absolute Gasteiger partial charge is 0.263 e. The van der Waals surface area contributed by atoms with Crippen molar-refractivity contribution in [2.45, 2.75) is 0 Å². The minimum Gasteiger partial charge on any atom is -0.493 e. The minimum atomic E-state index is -0.644. The van der Waals surface area contributed by atoms with E-state index in [0.717, 1.165) is 0 Å². The summed E-state index contributed by atoms with van der Waals surface area (Å²) in [7, 11) is 0. The van der Waals surface area contributed by atoms with Gasteiger partial charge in [0.1, 0.15) is 11.4 Å². The van der Waals surface area contributed by atoms with Crippen LogP contribution in [0.5, 0.6) is 5.88 Å². The first-order chi connectivity index (χ1) is 9.66. The Kier molecular flexibility index (Phi) is 2.83. The van der Waals surface area contributed by atoms with E-state index in [9.17, 15) is 14.3 Å². The Balaban J connectivity index is 2.20. The highest BCUT2D eigenvalue weighted by Gasteiger charge is 2.17. The fourth-order valence-corrected chi connectivity index (χ4v) is 1.90. The van der Waals surface area contributed by atoms with Crippen LogP contribution in [0.2, 0.25) is 0 Å². The highest BCUT2D eigenvalue weighted by Crippen LogP contribution is 2.27. The standard InChI is InChI=1S/C14H9FN2O3/c15-9-5-2-1-4-8(9)11-13(18)16-12(17-14(11)19)10-6-3-7-20-10/h1-7H,(H2,16,17,18,19). The van der Waals surface area contributed by atoms with Gasteiger partial charge < -0.3 is 14.5 Å². The van der Waals surface area contributed by atoms with Crippen LogP contribution in [-0.4, -0.2) is 15.1 Å². The molecule has 0 amide bonds. The molecule has 0 atom stereocenters. The highest BCUT2D eigenvalue weighted by atomic mass is 19.1. The van der Waals surface area contributed by atoms with Gasteiger partial charge in [0, 0.05) is 5.56 Å². The first-order valence-corrected chi connectivity index (χ1v) is 5.79. The molecule has 2 heterocycles. The van der Waals surface area contributed by atoms with E-state index < -0.39 is 17.3 Å². The molecule has 0 bridgehead atoms. The van der Waals surface area contributed by atoms with Crippen LogP contribution in [0.3, 0.4) is 0 Å². The number of hydrogen-bond donors (Lipinski definition) is 2. The zero-order valence-electron chi connectivity index (χ0n) is 10.1. The molecule has 0 aliphatic heterocycles. The van der Waals surface area contributed by atoms with Gasteiger partial charge in [-0.25, -0.2) is 4.39 Å². The molecule has 0 aliphatic carbocycles. The summed E-state index contributed by atoms with van der Waals surface area (Å²) >= 11 is 0. The van der Waals surface area contributed by atoms with Crippen LogP contribution < -0.4 is 5.56 Å². The fourth-order valence-electron chi connectivity index (χ4n) is 1.90. The summed E-state index contributed by atoms with van der Waals surface area (Å²) in [4.78, 5) is 18.3. The van der Waals surface area contributed by atoms with E-state index in [1.54, 1.807) is 18.2 Å². The number of benzene rings is 1. The van der Waals surface area contributed by atoms with Crippen LogP contribution in [0.4, 0.5) is 4.39 Å². The number of nitrogens with zero attached hydrogens (tertiary/aromatic N) is 1. The molecule has 2 aromatic heterocycles. The molecule has 0 spiro atoms. The van der Waals surface area contributed by atoms with Crippen molar-refractivity contribution in [1.29, 1.82) is 0 Å². The van der Waals surface area contributed by atoms with Crippen LogP contribution in [0, 0.1) is 5.82 Å². The van der Waals surface area contributed by atoms with Crippen LogP contribution in [-0.2, 0) is 0 Å². The van der Waals surface area contributed by atoms with Crippen LogP contribution >= 0.6 is 0 Å². The second kappa shape index (κ2) is 4.65. The van der Waals surface area contributed by atoms with Gasteiger partial charge in [0.2, 0.25) is 5.88 Å². The Morgan fingerprint density at radius 1 is 1.20 bits per heavy atom. The van der Waals surface area contributed by atoms with Crippen molar-refractivity contribution in [1.82, 2.24) is 9.97 Å². The third kappa shape index (κ3) is 1.97. The van der Waals surface area contributed by atoms with Crippen LogP contribution in [0.1, 0.15) is 0 Å². The number of hydrogen-bond acceptors (Lipinski definition) is 4. The Hall–Kier alpha value is -2.89. The summed E-state index contributed by atoms with van der Waals surface area (Å²) in [5, 5.41) is 9.91. The predicted molar refractivity (Wildman–Crippen MR) is 69.6 cm³/mol. The van der Waals surface area contributed by atoms with Crippen molar-refractivity contribution >= 4 is 0 Å². The van der Waals surface area contributed by atoms with E-state index >= 15 is 0 Å². The molecule has 20 heavy (non-hydrogen) atoms. The lowest BCUT2D eigenvalue weighted by Gasteiger charge is -2.05. The van der Waals surface area contributed by atoms with Crippen molar-refractivity contribution in [3.8, 4) is 28.6 Å². The monoisotopic (exact) mass is 272 g/mol. The Labute approximate surface area is 112 Å². The summed E-state index contributed by atoms with van der Waals surface area (Å²) in [6.45, 7) is 0. The number of furan rings is 1.